The molecule has 1 aromatic rings. The monoisotopic (exact) mass is 352 g/mol. The Morgan fingerprint density at radius 1 is 1.35 bits per heavy atom. The first-order chi connectivity index (χ1) is 7.63. The highest BCUT2D eigenvalue weighted by Crippen LogP contribution is 2.27. The molecule has 0 bridgehead atoms. The summed E-state index contributed by atoms with van der Waals surface area (Å²) < 4.78 is 61.4. The molecule has 0 unspecified atom stereocenters. The number of hydrogen-bond acceptors (Lipinski definition) is 3. The Kier molecular flexibility index (Phi) is 4.45. The molecule has 0 radical (unpaired) electrons. The normalized spacial score (nSPS) is 12.8. The fourth-order valence-corrected chi connectivity index (χ4v) is 1.72. The molecular weight excluding hydrogens is 349 g/mol. The van der Waals surface area contributed by atoms with E-state index in [1.165, 1.54) is 18.2 Å². The van der Waals surface area contributed by atoms with Gasteiger partial charge in [0.25, 0.3) is 0 Å². The third-order valence-corrected chi connectivity index (χ3v) is 3.88. The van der Waals surface area contributed by atoms with Crippen LogP contribution in [0.5, 0.6) is 0 Å². The van der Waals surface area contributed by atoms with E-state index in [1.54, 1.807) is 0 Å². The lowest BCUT2D eigenvalue weighted by Gasteiger charge is -2.08. The van der Waals surface area contributed by atoms with Gasteiger partial charge in [0.2, 0.25) is 0 Å². The van der Waals surface area contributed by atoms with Gasteiger partial charge in [-0.15, -0.1) is 0 Å². The summed E-state index contributed by atoms with van der Waals surface area (Å²) in [7, 11) is -5.57. The fraction of sp³-hybridized carbons (Fsp3) is 0.250. The molecule has 0 atom stereocenters. The Bertz CT molecular complexity index is 515. The summed E-state index contributed by atoms with van der Waals surface area (Å²) in [6.07, 6.45) is 0. The van der Waals surface area contributed by atoms with E-state index in [1.807, 2.05) is 0 Å². The van der Waals surface area contributed by atoms with E-state index in [2.05, 4.69) is 20.1 Å². The summed E-state index contributed by atoms with van der Waals surface area (Å²) in [5.74, 6) is 0. The highest BCUT2D eigenvalue weighted by atomic mass is 79.9. The second-order valence-corrected chi connectivity index (χ2v) is 5.78. The molecule has 0 spiro atoms. The first-order valence-electron chi connectivity index (χ1n) is 4.03. The van der Waals surface area contributed by atoms with Crippen LogP contribution in [-0.4, -0.2) is 13.9 Å². The molecule has 3 nitrogen and oxygen atoms in total. The number of benzene rings is 1. The SMILES string of the molecule is O=S(=O)(OCc1ccc(Br)c(Cl)c1)C(F)(F)F. The topological polar surface area (TPSA) is 43.4 Å². The van der Waals surface area contributed by atoms with Crippen LogP contribution in [0.3, 0.4) is 0 Å². The largest absolute Gasteiger partial charge is 0.523 e. The van der Waals surface area contributed by atoms with Gasteiger partial charge in [-0.2, -0.15) is 21.6 Å². The van der Waals surface area contributed by atoms with Gasteiger partial charge in [-0.3, -0.25) is 4.18 Å². The number of alkyl halides is 3. The van der Waals surface area contributed by atoms with E-state index in [0.29, 0.717) is 4.47 Å². The van der Waals surface area contributed by atoms with Crippen LogP contribution in [-0.2, 0) is 20.9 Å². The van der Waals surface area contributed by atoms with E-state index in [0.717, 1.165) is 0 Å². The van der Waals surface area contributed by atoms with Gasteiger partial charge in [-0.25, -0.2) is 0 Å². The molecule has 96 valence electrons. The average molecular weight is 354 g/mol. The summed E-state index contributed by atoms with van der Waals surface area (Å²) >= 11 is 8.76. The minimum absolute atomic E-state index is 0.214. The fourth-order valence-electron chi connectivity index (χ4n) is 0.842. The maximum Gasteiger partial charge on any atom is 0.523 e. The molecule has 0 saturated heterocycles. The van der Waals surface area contributed by atoms with Crippen LogP contribution in [0.4, 0.5) is 13.2 Å². The van der Waals surface area contributed by atoms with Gasteiger partial charge in [0.1, 0.15) is 0 Å². The molecule has 9 heteroatoms. The van der Waals surface area contributed by atoms with E-state index >= 15 is 0 Å². The van der Waals surface area contributed by atoms with Crippen LogP contribution in [0.25, 0.3) is 0 Å². The predicted octanol–water partition coefficient (Wildman–Crippen LogP) is 3.47. The third kappa shape index (κ3) is 3.84. The van der Waals surface area contributed by atoms with Gasteiger partial charge in [-0.1, -0.05) is 17.7 Å². The lowest BCUT2D eigenvalue weighted by atomic mass is 10.2. The zero-order valence-corrected chi connectivity index (χ0v) is 11.1. The number of rotatable bonds is 3. The average Bonchev–Trinajstić information content (AvgIpc) is 2.18. The lowest BCUT2D eigenvalue weighted by Crippen LogP contribution is -2.25. The third-order valence-electron chi connectivity index (χ3n) is 1.65. The zero-order valence-electron chi connectivity index (χ0n) is 7.96. The van der Waals surface area contributed by atoms with Crippen molar-refractivity contribution >= 4 is 37.6 Å². The molecule has 0 fully saturated rings. The summed E-state index contributed by atoms with van der Waals surface area (Å²) in [5.41, 5.74) is -5.21. The Morgan fingerprint density at radius 3 is 2.41 bits per heavy atom. The van der Waals surface area contributed by atoms with E-state index in [4.69, 9.17) is 11.6 Å². The van der Waals surface area contributed by atoms with Gasteiger partial charge in [0.15, 0.2) is 0 Å². The molecule has 0 aliphatic carbocycles. The predicted molar refractivity (Wildman–Crippen MR) is 58.9 cm³/mol. The molecule has 0 heterocycles. The first kappa shape index (κ1) is 14.7. The standard InChI is InChI=1S/C8H5BrClF3O3S/c9-6-2-1-5(3-7(6)10)4-16-17(14,15)8(11,12)13/h1-3H,4H2. The molecule has 1 rings (SSSR count). The first-order valence-corrected chi connectivity index (χ1v) is 6.61. The smallest absolute Gasteiger partial charge is 0.258 e. The van der Waals surface area contributed by atoms with Crippen molar-refractivity contribution in [3.8, 4) is 0 Å². The molecule has 0 aliphatic heterocycles. The minimum atomic E-state index is -5.57. The van der Waals surface area contributed by atoms with Crippen molar-refractivity contribution in [2.75, 3.05) is 0 Å². The lowest BCUT2D eigenvalue weighted by molar-refractivity contribution is -0.0547. The van der Waals surface area contributed by atoms with Crippen LogP contribution < -0.4 is 0 Å². The van der Waals surface area contributed by atoms with Crippen molar-refractivity contribution in [1.29, 1.82) is 0 Å². The van der Waals surface area contributed by atoms with Crippen molar-refractivity contribution in [3.63, 3.8) is 0 Å². The number of hydrogen-bond donors (Lipinski definition) is 0. The van der Waals surface area contributed by atoms with E-state index in [-0.39, 0.29) is 10.6 Å². The zero-order chi connectivity index (χ0) is 13.3. The van der Waals surface area contributed by atoms with Crippen molar-refractivity contribution in [1.82, 2.24) is 0 Å². The summed E-state index contributed by atoms with van der Waals surface area (Å²) in [5, 5.41) is 0.246. The highest BCUT2D eigenvalue weighted by Gasteiger charge is 2.47. The van der Waals surface area contributed by atoms with Gasteiger partial charge >= 0.3 is 15.6 Å². The quantitative estimate of drug-likeness (QED) is 0.617. The van der Waals surface area contributed by atoms with Crippen LogP contribution in [0.2, 0.25) is 5.02 Å². The molecule has 0 aliphatic rings. The molecule has 0 aromatic heterocycles. The van der Waals surface area contributed by atoms with Crippen LogP contribution in [0, 0.1) is 0 Å². The Morgan fingerprint density at radius 2 is 1.94 bits per heavy atom. The van der Waals surface area contributed by atoms with Gasteiger partial charge < -0.3 is 0 Å². The summed E-state index contributed by atoms with van der Waals surface area (Å²) in [6, 6.07) is 4.17. The highest BCUT2D eigenvalue weighted by molar-refractivity contribution is 9.10. The van der Waals surface area contributed by atoms with Crippen LogP contribution in [0.15, 0.2) is 22.7 Å². The van der Waals surface area contributed by atoms with Gasteiger partial charge in [0.05, 0.1) is 11.6 Å². The van der Waals surface area contributed by atoms with E-state index in [9.17, 15) is 21.6 Å². The number of halogens is 5. The second kappa shape index (κ2) is 5.13. The van der Waals surface area contributed by atoms with Crippen molar-refractivity contribution in [2.24, 2.45) is 0 Å². The summed E-state index contributed by atoms with van der Waals surface area (Å²) in [4.78, 5) is 0. The van der Waals surface area contributed by atoms with Crippen LogP contribution in [0.1, 0.15) is 5.56 Å². The molecule has 1 aromatic carbocycles. The van der Waals surface area contributed by atoms with Crippen molar-refractivity contribution in [2.45, 2.75) is 12.1 Å². The Balaban J connectivity index is 2.78. The van der Waals surface area contributed by atoms with Gasteiger partial charge in [-0.05, 0) is 33.6 Å². The van der Waals surface area contributed by atoms with Crippen molar-refractivity contribution < 1.29 is 25.8 Å². The molecule has 0 N–H and O–H groups in total. The maximum absolute atomic E-state index is 11.9. The summed E-state index contributed by atoms with van der Waals surface area (Å²) in [6.45, 7) is -0.727. The van der Waals surface area contributed by atoms with Crippen molar-refractivity contribution in [3.05, 3.63) is 33.3 Å². The second-order valence-electron chi connectivity index (χ2n) is 2.91. The molecule has 0 saturated carbocycles. The Labute approximate surface area is 109 Å². The van der Waals surface area contributed by atoms with Gasteiger partial charge in [0, 0.05) is 4.47 Å². The van der Waals surface area contributed by atoms with E-state index < -0.39 is 22.2 Å². The minimum Gasteiger partial charge on any atom is -0.258 e. The molecular formula is C8H5BrClF3O3S. The molecule has 17 heavy (non-hydrogen) atoms. The Hall–Kier alpha value is -0.310. The maximum atomic E-state index is 11.9. The molecule has 0 amide bonds. The van der Waals surface area contributed by atoms with Crippen LogP contribution >= 0.6 is 27.5 Å².